The molecule has 1 saturated carbocycles. The number of aromatic nitrogens is 2. The second-order valence-electron chi connectivity index (χ2n) is 11.1. The van der Waals surface area contributed by atoms with E-state index in [1.54, 1.807) is 0 Å². The molecule has 1 aliphatic heterocycles. The zero-order valence-electron chi connectivity index (χ0n) is 20.9. The van der Waals surface area contributed by atoms with Crippen molar-refractivity contribution in [3.63, 3.8) is 0 Å². The second kappa shape index (κ2) is 9.91. The number of fused-ring (bicyclic) bond motifs is 1. The molecule has 5 rings (SSSR count). The second-order valence-corrected chi connectivity index (χ2v) is 11.1. The van der Waals surface area contributed by atoms with E-state index < -0.39 is 0 Å². The zero-order chi connectivity index (χ0) is 23.5. The third-order valence-electron chi connectivity index (χ3n) is 7.69. The molecule has 3 aromatic rings. The van der Waals surface area contributed by atoms with Crippen LogP contribution in [0.3, 0.4) is 0 Å². The van der Waals surface area contributed by atoms with Gasteiger partial charge in [-0.1, -0.05) is 39.0 Å². The van der Waals surface area contributed by atoms with Crippen molar-refractivity contribution < 1.29 is 4.74 Å². The van der Waals surface area contributed by atoms with Gasteiger partial charge in [0.05, 0.1) is 6.10 Å². The van der Waals surface area contributed by atoms with Crippen molar-refractivity contribution in [2.24, 2.45) is 11.3 Å². The summed E-state index contributed by atoms with van der Waals surface area (Å²) in [7, 11) is 0. The van der Waals surface area contributed by atoms with Crippen LogP contribution in [0.5, 0.6) is 5.75 Å². The Labute approximate surface area is 204 Å². The van der Waals surface area contributed by atoms with Gasteiger partial charge in [-0.3, -0.25) is 4.90 Å². The number of benzene rings is 2. The molecule has 5 nitrogen and oxygen atoms in total. The van der Waals surface area contributed by atoms with Gasteiger partial charge in [0.1, 0.15) is 5.75 Å². The van der Waals surface area contributed by atoms with E-state index in [-0.39, 0.29) is 0 Å². The largest absolute Gasteiger partial charge is 0.490 e. The van der Waals surface area contributed by atoms with E-state index >= 15 is 0 Å². The van der Waals surface area contributed by atoms with Crippen LogP contribution in [0.2, 0.25) is 0 Å². The fourth-order valence-electron chi connectivity index (χ4n) is 5.50. The first kappa shape index (κ1) is 23.1. The Morgan fingerprint density at radius 1 is 0.853 bits per heavy atom. The van der Waals surface area contributed by atoms with Gasteiger partial charge in [0.2, 0.25) is 5.95 Å². The molecule has 1 aromatic heterocycles. The molecule has 1 aliphatic carbocycles. The van der Waals surface area contributed by atoms with Crippen LogP contribution in [0.15, 0.2) is 54.9 Å². The van der Waals surface area contributed by atoms with Gasteiger partial charge in [-0.05, 0) is 77.6 Å². The van der Waals surface area contributed by atoms with Gasteiger partial charge in [0.25, 0.3) is 0 Å². The minimum absolute atomic E-state index is 0.357. The van der Waals surface area contributed by atoms with Gasteiger partial charge in [0.15, 0.2) is 0 Å². The summed E-state index contributed by atoms with van der Waals surface area (Å²) >= 11 is 0. The maximum atomic E-state index is 6.40. The first-order valence-electron chi connectivity index (χ1n) is 12.9. The lowest BCUT2D eigenvalue weighted by Gasteiger charge is -2.37. The Balaban J connectivity index is 1.16. The summed E-state index contributed by atoms with van der Waals surface area (Å²) in [6, 6.07) is 15.3. The summed E-state index contributed by atoms with van der Waals surface area (Å²) in [4.78, 5) is 13.6. The van der Waals surface area contributed by atoms with Crippen LogP contribution in [0, 0.1) is 11.3 Å². The van der Waals surface area contributed by atoms with Crippen LogP contribution in [0.4, 0.5) is 5.95 Å². The van der Waals surface area contributed by atoms with E-state index in [0.717, 1.165) is 50.3 Å². The van der Waals surface area contributed by atoms with Gasteiger partial charge in [0, 0.05) is 45.1 Å². The first-order chi connectivity index (χ1) is 16.4. The monoisotopic (exact) mass is 458 g/mol. The minimum atomic E-state index is 0.357. The molecule has 180 valence electrons. The number of piperazine rings is 1. The Bertz CT molecular complexity index is 1080. The number of hydrogen-bond donors (Lipinski definition) is 0. The van der Waals surface area contributed by atoms with Crippen LogP contribution in [-0.4, -0.2) is 47.2 Å². The molecule has 2 fully saturated rings. The number of anilines is 1. The summed E-state index contributed by atoms with van der Waals surface area (Å²) in [5.74, 6) is 2.67. The predicted molar refractivity (Wildman–Crippen MR) is 139 cm³/mol. The molecule has 2 heterocycles. The van der Waals surface area contributed by atoms with Gasteiger partial charge >= 0.3 is 0 Å². The summed E-state index contributed by atoms with van der Waals surface area (Å²) in [5.41, 5.74) is 1.78. The molecule has 0 N–H and O–H groups in total. The van der Waals surface area contributed by atoms with Crippen LogP contribution in [-0.2, 0) is 6.54 Å². The quantitative estimate of drug-likeness (QED) is 0.474. The molecule has 2 aromatic carbocycles. The predicted octanol–water partition coefficient (Wildman–Crippen LogP) is 5.94. The van der Waals surface area contributed by atoms with Crippen LogP contribution < -0.4 is 9.64 Å². The molecule has 34 heavy (non-hydrogen) atoms. The average Bonchev–Trinajstić information content (AvgIpc) is 2.85. The van der Waals surface area contributed by atoms with E-state index in [4.69, 9.17) is 4.74 Å². The van der Waals surface area contributed by atoms with Crippen molar-refractivity contribution in [3.05, 3.63) is 60.4 Å². The molecular weight excluding hydrogens is 420 g/mol. The molecule has 0 spiro atoms. The van der Waals surface area contributed by atoms with Crippen molar-refractivity contribution in [3.8, 4) is 5.75 Å². The average molecular weight is 459 g/mol. The van der Waals surface area contributed by atoms with Crippen LogP contribution >= 0.6 is 0 Å². The SMILES string of the molecule is CC(C)(C)C1CCC(Oc2ccc3cc(CN4CCN(c5ncccn5)CC4)ccc3c2)CC1. The molecule has 2 aliphatic rings. The fourth-order valence-corrected chi connectivity index (χ4v) is 5.50. The normalized spacial score (nSPS) is 22.1. The summed E-state index contributed by atoms with van der Waals surface area (Å²) < 4.78 is 6.40. The number of ether oxygens (including phenoxy) is 1. The smallest absolute Gasteiger partial charge is 0.225 e. The van der Waals surface area contributed by atoms with E-state index in [9.17, 15) is 0 Å². The Morgan fingerprint density at radius 3 is 2.24 bits per heavy atom. The minimum Gasteiger partial charge on any atom is -0.490 e. The van der Waals surface area contributed by atoms with Gasteiger partial charge in [-0.15, -0.1) is 0 Å². The Morgan fingerprint density at radius 2 is 1.53 bits per heavy atom. The first-order valence-corrected chi connectivity index (χ1v) is 12.9. The highest BCUT2D eigenvalue weighted by Gasteiger charge is 2.30. The van der Waals surface area contributed by atoms with Crippen LogP contribution in [0.25, 0.3) is 10.8 Å². The fraction of sp³-hybridized carbons (Fsp3) is 0.517. The molecule has 0 bridgehead atoms. The lowest BCUT2D eigenvalue weighted by atomic mass is 9.72. The third kappa shape index (κ3) is 5.52. The summed E-state index contributed by atoms with van der Waals surface area (Å²) in [6.45, 7) is 12.1. The molecule has 1 saturated heterocycles. The molecule has 0 unspecified atom stereocenters. The highest BCUT2D eigenvalue weighted by atomic mass is 16.5. The van der Waals surface area contributed by atoms with Gasteiger partial charge < -0.3 is 9.64 Å². The summed E-state index contributed by atoms with van der Waals surface area (Å²) in [6.07, 6.45) is 8.88. The molecule has 5 heteroatoms. The van der Waals surface area contributed by atoms with E-state index in [1.165, 1.54) is 42.0 Å². The van der Waals surface area contributed by atoms with Gasteiger partial charge in [-0.2, -0.15) is 0 Å². The van der Waals surface area contributed by atoms with Crippen molar-refractivity contribution in [1.82, 2.24) is 14.9 Å². The van der Waals surface area contributed by atoms with E-state index in [0.29, 0.717) is 11.5 Å². The maximum Gasteiger partial charge on any atom is 0.225 e. The van der Waals surface area contributed by atoms with Gasteiger partial charge in [-0.25, -0.2) is 9.97 Å². The zero-order valence-corrected chi connectivity index (χ0v) is 20.9. The Hall–Kier alpha value is -2.66. The molecule has 0 atom stereocenters. The number of hydrogen-bond acceptors (Lipinski definition) is 5. The van der Waals surface area contributed by atoms with E-state index in [1.807, 2.05) is 18.5 Å². The molecule has 0 amide bonds. The lowest BCUT2D eigenvalue weighted by molar-refractivity contribution is 0.0883. The number of rotatable bonds is 5. The van der Waals surface area contributed by atoms with Crippen molar-refractivity contribution in [1.29, 1.82) is 0 Å². The molecule has 0 radical (unpaired) electrons. The highest BCUT2D eigenvalue weighted by Crippen LogP contribution is 2.39. The Kier molecular flexibility index (Phi) is 6.73. The van der Waals surface area contributed by atoms with Crippen molar-refractivity contribution >= 4 is 16.7 Å². The number of nitrogens with zero attached hydrogens (tertiary/aromatic N) is 4. The standard InChI is InChI=1S/C29H38N4O/c1-29(2,3)25-8-11-26(12-9-25)34-27-10-7-23-19-22(5-6-24(23)20-27)21-32-15-17-33(18-16-32)28-30-13-4-14-31-28/h4-7,10,13-14,19-20,25-26H,8-9,11-12,15-18,21H2,1-3H3. The molecular formula is C29H38N4O. The lowest BCUT2D eigenvalue weighted by Crippen LogP contribution is -2.46. The van der Waals surface area contributed by atoms with E-state index in [2.05, 4.69) is 76.9 Å². The van der Waals surface area contributed by atoms with Crippen molar-refractivity contribution in [2.45, 2.75) is 59.1 Å². The maximum absolute atomic E-state index is 6.40. The highest BCUT2D eigenvalue weighted by molar-refractivity contribution is 5.84. The van der Waals surface area contributed by atoms with Crippen molar-refractivity contribution in [2.75, 3.05) is 31.1 Å². The third-order valence-corrected chi connectivity index (χ3v) is 7.69. The summed E-state index contributed by atoms with van der Waals surface area (Å²) in [5, 5.41) is 2.55. The topological polar surface area (TPSA) is 41.5 Å². The van der Waals surface area contributed by atoms with Crippen LogP contribution in [0.1, 0.15) is 52.0 Å².